The third-order valence-corrected chi connectivity index (χ3v) is 7.96. The van der Waals surface area contributed by atoms with Gasteiger partial charge in [-0.2, -0.15) is 0 Å². The van der Waals surface area contributed by atoms with Crippen molar-refractivity contribution in [2.24, 2.45) is 0 Å². The number of likely N-dealkylation sites (tertiary alicyclic amines) is 1. The number of hydrogen-bond donors (Lipinski definition) is 1. The van der Waals surface area contributed by atoms with Gasteiger partial charge in [-0.15, -0.1) is 0 Å². The second kappa shape index (κ2) is 13.8. The zero-order valence-electron chi connectivity index (χ0n) is 25.4. The van der Waals surface area contributed by atoms with E-state index in [-0.39, 0.29) is 35.8 Å². The maximum absolute atomic E-state index is 13.8. The lowest BCUT2D eigenvalue weighted by molar-refractivity contribution is -0.142. The van der Waals surface area contributed by atoms with E-state index >= 15 is 0 Å². The summed E-state index contributed by atoms with van der Waals surface area (Å²) in [5.74, 6) is -0.151. The SMILES string of the molecule is COc1cc(NC(=O)C(=O)N(C)Cc2ccccc2Oc2cc(Cl)ccc2C)c(C(=O)N2C(C)CCCC2C)cc1OC. The number of piperidine rings is 1. The van der Waals surface area contributed by atoms with Gasteiger partial charge in [-0.3, -0.25) is 14.4 Å². The number of nitrogens with one attached hydrogen (secondary N) is 1. The summed E-state index contributed by atoms with van der Waals surface area (Å²) in [7, 11) is 4.47. The molecule has 1 saturated heterocycles. The van der Waals surface area contributed by atoms with Gasteiger partial charge in [-0.05, 0) is 69.9 Å². The average Bonchev–Trinajstić information content (AvgIpc) is 2.99. The van der Waals surface area contributed by atoms with Crippen molar-refractivity contribution < 1.29 is 28.6 Å². The molecular weight excluding hydrogens is 570 g/mol. The molecule has 3 aromatic rings. The average molecular weight is 608 g/mol. The summed E-state index contributed by atoms with van der Waals surface area (Å²) >= 11 is 6.16. The van der Waals surface area contributed by atoms with E-state index in [1.807, 2.05) is 49.9 Å². The third kappa shape index (κ3) is 7.22. The molecule has 0 radical (unpaired) electrons. The number of rotatable bonds is 8. The van der Waals surface area contributed by atoms with Crippen molar-refractivity contribution in [3.63, 3.8) is 0 Å². The fraction of sp³-hybridized carbons (Fsp3) is 0.364. The van der Waals surface area contributed by atoms with E-state index in [2.05, 4.69) is 5.32 Å². The Balaban J connectivity index is 1.56. The molecule has 0 bridgehead atoms. The molecule has 3 amide bonds. The maximum Gasteiger partial charge on any atom is 0.313 e. The summed E-state index contributed by atoms with van der Waals surface area (Å²) in [6.45, 7) is 6.04. The zero-order valence-corrected chi connectivity index (χ0v) is 26.2. The summed E-state index contributed by atoms with van der Waals surface area (Å²) in [5, 5.41) is 3.20. The van der Waals surface area contributed by atoms with E-state index in [0.717, 1.165) is 24.8 Å². The van der Waals surface area contributed by atoms with Gasteiger partial charge in [0.05, 0.1) is 25.5 Å². The molecule has 228 valence electrons. The molecule has 43 heavy (non-hydrogen) atoms. The molecular formula is C33H38ClN3O6. The summed E-state index contributed by atoms with van der Waals surface area (Å²) in [6, 6.07) is 15.7. The van der Waals surface area contributed by atoms with Crippen LogP contribution in [0.1, 0.15) is 54.6 Å². The quantitative estimate of drug-likeness (QED) is 0.295. The summed E-state index contributed by atoms with van der Waals surface area (Å²) in [6.07, 6.45) is 2.81. The summed E-state index contributed by atoms with van der Waals surface area (Å²) in [5.41, 5.74) is 1.98. The highest BCUT2D eigenvalue weighted by Crippen LogP contribution is 2.36. The van der Waals surface area contributed by atoms with Crippen molar-refractivity contribution in [3.8, 4) is 23.0 Å². The number of methoxy groups -OCH3 is 2. The van der Waals surface area contributed by atoms with Crippen LogP contribution in [0, 0.1) is 6.92 Å². The largest absolute Gasteiger partial charge is 0.493 e. The monoisotopic (exact) mass is 607 g/mol. The van der Waals surface area contributed by atoms with E-state index in [9.17, 15) is 14.4 Å². The molecule has 1 N–H and O–H groups in total. The fourth-order valence-corrected chi connectivity index (χ4v) is 5.49. The number of amides is 3. The van der Waals surface area contributed by atoms with E-state index in [1.54, 1.807) is 24.3 Å². The number of halogens is 1. The second-order valence-corrected chi connectivity index (χ2v) is 11.3. The van der Waals surface area contributed by atoms with Crippen LogP contribution in [0.25, 0.3) is 0 Å². The molecule has 1 fully saturated rings. The van der Waals surface area contributed by atoms with Crippen LogP contribution in [0.5, 0.6) is 23.0 Å². The van der Waals surface area contributed by atoms with Crippen LogP contribution in [-0.2, 0) is 16.1 Å². The molecule has 1 heterocycles. The van der Waals surface area contributed by atoms with Crippen LogP contribution < -0.4 is 19.5 Å². The van der Waals surface area contributed by atoms with Gasteiger partial charge in [0.1, 0.15) is 11.5 Å². The third-order valence-electron chi connectivity index (χ3n) is 7.72. The van der Waals surface area contributed by atoms with Gasteiger partial charge in [0, 0.05) is 42.3 Å². The van der Waals surface area contributed by atoms with Gasteiger partial charge in [-0.1, -0.05) is 35.9 Å². The highest BCUT2D eigenvalue weighted by Gasteiger charge is 2.32. The number of para-hydroxylation sites is 1. The first-order valence-corrected chi connectivity index (χ1v) is 14.6. The van der Waals surface area contributed by atoms with Crippen LogP contribution in [0.4, 0.5) is 5.69 Å². The number of hydrogen-bond acceptors (Lipinski definition) is 6. The highest BCUT2D eigenvalue weighted by atomic mass is 35.5. The van der Waals surface area contributed by atoms with Gasteiger partial charge in [0.25, 0.3) is 5.91 Å². The number of likely N-dealkylation sites (N-methyl/N-ethyl adjacent to an activating group) is 1. The van der Waals surface area contributed by atoms with Gasteiger partial charge < -0.3 is 29.3 Å². The number of aryl methyl sites for hydroxylation is 1. The standard InChI is InChI=1S/C33H38ClN3O6/c1-20-14-15-24(34)16-28(20)43-27-13-8-7-12-23(27)19-36(4)33(40)31(38)35-26-18-30(42-6)29(41-5)17-25(26)32(39)37-21(2)10-9-11-22(37)3/h7-8,12-18,21-22H,9-11,19H2,1-6H3,(H,35,38). The number of anilines is 1. The Hall–Kier alpha value is -4.24. The molecule has 0 aliphatic carbocycles. The Morgan fingerprint density at radius 3 is 2.26 bits per heavy atom. The van der Waals surface area contributed by atoms with E-state index in [4.69, 9.17) is 25.8 Å². The van der Waals surface area contributed by atoms with Crippen molar-refractivity contribution in [1.29, 1.82) is 0 Å². The lowest BCUT2D eigenvalue weighted by atomic mass is 9.96. The molecule has 10 heteroatoms. The number of ether oxygens (including phenoxy) is 3. The second-order valence-electron chi connectivity index (χ2n) is 10.8. The Bertz CT molecular complexity index is 1500. The normalized spacial score (nSPS) is 16.3. The molecule has 3 aromatic carbocycles. The van der Waals surface area contributed by atoms with Crippen LogP contribution in [0.2, 0.25) is 5.02 Å². The molecule has 0 aromatic heterocycles. The Labute approximate surface area is 257 Å². The van der Waals surface area contributed by atoms with Crippen molar-refractivity contribution in [1.82, 2.24) is 9.80 Å². The molecule has 2 unspecified atom stereocenters. The first kappa shape index (κ1) is 31.7. The van der Waals surface area contributed by atoms with Gasteiger partial charge in [0.15, 0.2) is 11.5 Å². The lowest BCUT2D eigenvalue weighted by Gasteiger charge is -2.39. The minimum atomic E-state index is -0.896. The van der Waals surface area contributed by atoms with Gasteiger partial charge >= 0.3 is 11.8 Å². The fourth-order valence-electron chi connectivity index (χ4n) is 5.33. The van der Waals surface area contributed by atoms with Gasteiger partial charge in [-0.25, -0.2) is 0 Å². The van der Waals surface area contributed by atoms with Crippen molar-refractivity contribution >= 4 is 35.0 Å². The van der Waals surface area contributed by atoms with Crippen molar-refractivity contribution in [2.45, 2.75) is 58.7 Å². The summed E-state index contributed by atoms with van der Waals surface area (Å²) in [4.78, 5) is 43.5. The first-order chi connectivity index (χ1) is 20.5. The minimum absolute atomic E-state index is 0.0265. The first-order valence-electron chi connectivity index (χ1n) is 14.2. The summed E-state index contributed by atoms with van der Waals surface area (Å²) < 4.78 is 17.0. The smallest absolute Gasteiger partial charge is 0.313 e. The van der Waals surface area contributed by atoms with E-state index < -0.39 is 11.8 Å². The number of carbonyl (C=O) groups is 3. The molecule has 4 rings (SSSR count). The number of benzene rings is 3. The van der Waals surface area contributed by atoms with Crippen molar-refractivity contribution in [2.75, 3.05) is 26.6 Å². The lowest BCUT2D eigenvalue weighted by Crippen LogP contribution is -2.47. The molecule has 0 spiro atoms. The van der Waals surface area contributed by atoms with Crippen molar-refractivity contribution in [3.05, 3.63) is 76.3 Å². The predicted octanol–water partition coefficient (Wildman–Crippen LogP) is 6.46. The van der Waals surface area contributed by atoms with Crippen LogP contribution in [0.15, 0.2) is 54.6 Å². The Morgan fingerprint density at radius 1 is 0.930 bits per heavy atom. The number of nitrogens with zero attached hydrogens (tertiary/aromatic N) is 2. The van der Waals surface area contributed by atoms with Gasteiger partial charge in [0.2, 0.25) is 0 Å². The van der Waals surface area contributed by atoms with Crippen LogP contribution in [-0.4, -0.2) is 60.9 Å². The molecule has 1 aliphatic heterocycles. The van der Waals surface area contributed by atoms with Crippen LogP contribution in [0.3, 0.4) is 0 Å². The van der Waals surface area contributed by atoms with E-state index in [1.165, 1.54) is 32.2 Å². The molecule has 2 atom stereocenters. The topological polar surface area (TPSA) is 97.4 Å². The zero-order chi connectivity index (χ0) is 31.3. The molecule has 9 nitrogen and oxygen atoms in total. The molecule has 1 aliphatic rings. The number of carbonyl (C=O) groups excluding carboxylic acids is 3. The Morgan fingerprint density at radius 2 is 1.58 bits per heavy atom. The Kier molecular flexibility index (Phi) is 10.2. The van der Waals surface area contributed by atoms with E-state index in [0.29, 0.717) is 33.6 Å². The highest BCUT2D eigenvalue weighted by molar-refractivity contribution is 6.39. The molecule has 0 saturated carbocycles. The predicted molar refractivity (Wildman–Crippen MR) is 166 cm³/mol. The van der Waals surface area contributed by atoms with Crippen LogP contribution >= 0.6 is 11.6 Å². The maximum atomic E-state index is 13.8. The minimum Gasteiger partial charge on any atom is -0.493 e.